The van der Waals surface area contributed by atoms with Crippen molar-refractivity contribution in [3.63, 3.8) is 0 Å². The van der Waals surface area contributed by atoms with Crippen molar-refractivity contribution in [1.82, 2.24) is 14.3 Å². The summed E-state index contributed by atoms with van der Waals surface area (Å²) in [7, 11) is 4.48. The molecule has 1 aromatic rings. The van der Waals surface area contributed by atoms with E-state index in [2.05, 4.69) is 10.4 Å². The average Bonchev–Trinajstić information content (AvgIpc) is 2.23. The third kappa shape index (κ3) is 2.48. The highest BCUT2D eigenvalue weighted by Gasteiger charge is 2.10. The molecule has 1 N–H and O–H groups in total. The van der Waals surface area contributed by atoms with Gasteiger partial charge in [-0.05, 0) is 6.92 Å². The van der Waals surface area contributed by atoms with Gasteiger partial charge in [0.25, 0.3) is 5.56 Å². The molecule has 90 valence electrons. The summed E-state index contributed by atoms with van der Waals surface area (Å²) in [5.74, 6) is 0.147. The Bertz CT molecular complexity index is 477. The zero-order valence-corrected chi connectivity index (χ0v) is 9.85. The summed E-state index contributed by atoms with van der Waals surface area (Å²) in [5.41, 5.74) is -0.888. The van der Waals surface area contributed by atoms with E-state index >= 15 is 0 Å². The van der Waals surface area contributed by atoms with Crippen molar-refractivity contribution < 1.29 is 4.74 Å². The van der Waals surface area contributed by atoms with Gasteiger partial charge in [-0.1, -0.05) is 0 Å². The number of ether oxygens (including phenoxy) is 1. The normalized spacial score (nSPS) is 12.5. The van der Waals surface area contributed by atoms with Crippen molar-refractivity contribution in [3.8, 4) is 0 Å². The summed E-state index contributed by atoms with van der Waals surface area (Å²) in [4.78, 5) is 23.0. The molecule has 16 heavy (non-hydrogen) atoms. The van der Waals surface area contributed by atoms with Gasteiger partial charge in [0.15, 0.2) is 0 Å². The van der Waals surface area contributed by atoms with Crippen LogP contribution in [-0.2, 0) is 18.8 Å². The molecular formula is C9H16N4O3. The Labute approximate surface area is 92.7 Å². The van der Waals surface area contributed by atoms with Gasteiger partial charge in [0, 0.05) is 27.2 Å². The molecule has 0 radical (unpaired) electrons. The molecule has 1 atom stereocenters. The topological polar surface area (TPSA) is 78.2 Å². The summed E-state index contributed by atoms with van der Waals surface area (Å²) in [6.07, 6.45) is 0. The second-order valence-corrected chi connectivity index (χ2v) is 3.62. The van der Waals surface area contributed by atoms with E-state index in [9.17, 15) is 9.59 Å². The van der Waals surface area contributed by atoms with Crippen LogP contribution in [0.25, 0.3) is 0 Å². The fourth-order valence-electron chi connectivity index (χ4n) is 1.31. The lowest BCUT2D eigenvalue weighted by Crippen LogP contribution is -2.41. The minimum absolute atomic E-state index is 0.0531. The van der Waals surface area contributed by atoms with Gasteiger partial charge in [0.05, 0.1) is 6.61 Å². The Hall–Kier alpha value is -1.63. The first-order valence-corrected chi connectivity index (χ1v) is 4.87. The number of hydrogen-bond acceptors (Lipinski definition) is 5. The van der Waals surface area contributed by atoms with Crippen molar-refractivity contribution in [2.24, 2.45) is 14.1 Å². The Morgan fingerprint density at radius 3 is 2.62 bits per heavy atom. The fourth-order valence-corrected chi connectivity index (χ4v) is 1.31. The molecule has 0 saturated carbocycles. The maximum Gasteiger partial charge on any atom is 0.346 e. The van der Waals surface area contributed by atoms with Gasteiger partial charge in [-0.15, -0.1) is 5.10 Å². The van der Waals surface area contributed by atoms with Crippen LogP contribution in [0.3, 0.4) is 0 Å². The first-order chi connectivity index (χ1) is 7.47. The summed E-state index contributed by atoms with van der Waals surface area (Å²) in [6.45, 7) is 2.31. The van der Waals surface area contributed by atoms with Crippen molar-refractivity contribution in [1.29, 1.82) is 0 Å². The van der Waals surface area contributed by atoms with Gasteiger partial charge in [-0.25, -0.2) is 9.48 Å². The van der Waals surface area contributed by atoms with Crippen molar-refractivity contribution in [3.05, 3.63) is 20.8 Å². The van der Waals surface area contributed by atoms with Crippen LogP contribution in [0.2, 0.25) is 0 Å². The minimum Gasteiger partial charge on any atom is -0.383 e. The predicted octanol–water partition coefficient (Wildman–Crippen LogP) is -1.07. The monoisotopic (exact) mass is 228 g/mol. The Morgan fingerprint density at radius 1 is 1.44 bits per heavy atom. The number of aryl methyl sites for hydroxylation is 1. The summed E-state index contributed by atoms with van der Waals surface area (Å²) in [6, 6.07) is -0.0531. The van der Waals surface area contributed by atoms with Gasteiger partial charge >= 0.3 is 5.69 Å². The molecule has 0 aliphatic heterocycles. The zero-order valence-electron chi connectivity index (χ0n) is 9.85. The predicted molar refractivity (Wildman–Crippen MR) is 59.7 cm³/mol. The molecule has 1 rings (SSSR count). The number of aromatic nitrogens is 3. The van der Waals surface area contributed by atoms with E-state index < -0.39 is 11.2 Å². The van der Waals surface area contributed by atoms with E-state index in [-0.39, 0.29) is 11.9 Å². The van der Waals surface area contributed by atoms with Crippen LogP contribution in [0, 0.1) is 0 Å². The van der Waals surface area contributed by atoms with Crippen molar-refractivity contribution in [2.75, 3.05) is 19.0 Å². The zero-order chi connectivity index (χ0) is 12.3. The molecule has 1 heterocycles. The van der Waals surface area contributed by atoms with E-state index in [1.807, 2.05) is 6.92 Å². The van der Waals surface area contributed by atoms with Crippen LogP contribution in [0.5, 0.6) is 0 Å². The third-order valence-electron chi connectivity index (χ3n) is 2.12. The van der Waals surface area contributed by atoms with Crippen molar-refractivity contribution >= 4 is 5.82 Å². The Morgan fingerprint density at radius 2 is 2.06 bits per heavy atom. The van der Waals surface area contributed by atoms with Crippen LogP contribution in [0.4, 0.5) is 5.82 Å². The van der Waals surface area contributed by atoms with Crippen LogP contribution < -0.4 is 16.6 Å². The quantitative estimate of drug-likeness (QED) is 0.709. The molecule has 1 aromatic heterocycles. The number of methoxy groups -OCH3 is 1. The highest BCUT2D eigenvalue weighted by Crippen LogP contribution is 1.94. The average molecular weight is 228 g/mol. The van der Waals surface area contributed by atoms with Gasteiger partial charge in [0.2, 0.25) is 5.82 Å². The molecule has 0 fully saturated rings. The van der Waals surface area contributed by atoms with Crippen molar-refractivity contribution in [2.45, 2.75) is 13.0 Å². The fraction of sp³-hybridized carbons (Fsp3) is 0.667. The summed E-state index contributed by atoms with van der Waals surface area (Å²) < 4.78 is 7.06. The number of hydrogen-bond donors (Lipinski definition) is 1. The second kappa shape index (κ2) is 4.93. The molecular weight excluding hydrogens is 212 g/mol. The van der Waals surface area contributed by atoms with Gasteiger partial charge in [-0.2, -0.15) is 0 Å². The summed E-state index contributed by atoms with van der Waals surface area (Å²) in [5, 5.41) is 6.75. The molecule has 0 amide bonds. The SMILES string of the molecule is COCC(C)Nc1nn(C)c(=O)n(C)c1=O. The van der Waals surface area contributed by atoms with Gasteiger partial charge in [0.1, 0.15) is 0 Å². The van der Waals surface area contributed by atoms with E-state index in [1.54, 1.807) is 7.11 Å². The molecule has 0 aliphatic rings. The minimum atomic E-state index is -0.449. The Balaban J connectivity index is 3.07. The van der Waals surface area contributed by atoms with E-state index in [4.69, 9.17) is 4.74 Å². The molecule has 0 aliphatic carbocycles. The second-order valence-electron chi connectivity index (χ2n) is 3.62. The highest BCUT2D eigenvalue weighted by molar-refractivity contribution is 5.30. The lowest BCUT2D eigenvalue weighted by Gasteiger charge is -2.13. The number of rotatable bonds is 4. The number of anilines is 1. The summed E-state index contributed by atoms with van der Waals surface area (Å²) >= 11 is 0. The molecule has 0 spiro atoms. The smallest absolute Gasteiger partial charge is 0.346 e. The molecule has 0 aromatic carbocycles. The largest absolute Gasteiger partial charge is 0.383 e. The van der Waals surface area contributed by atoms with Gasteiger partial charge < -0.3 is 10.1 Å². The van der Waals surface area contributed by atoms with Crippen LogP contribution in [0.1, 0.15) is 6.92 Å². The van der Waals surface area contributed by atoms with Crippen LogP contribution in [0.15, 0.2) is 9.59 Å². The Kier molecular flexibility index (Phi) is 3.83. The maximum absolute atomic E-state index is 11.7. The third-order valence-corrected chi connectivity index (χ3v) is 2.12. The first-order valence-electron chi connectivity index (χ1n) is 4.87. The van der Waals surface area contributed by atoms with Crippen LogP contribution in [-0.4, -0.2) is 34.1 Å². The highest BCUT2D eigenvalue weighted by atomic mass is 16.5. The molecule has 7 nitrogen and oxygen atoms in total. The molecule has 0 bridgehead atoms. The first kappa shape index (κ1) is 12.4. The maximum atomic E-state index is 11.7. The lowest BCUT2D eigenvalue weighted by atomic mass is 10.3. The van der Waals surface area contributed by atoms with Gasteiger partial charge in [-0.3, -0.25) is 9.36 Å². The van der Waals surface area contributed by atoms with E-state index in [1.165, 1.54) is 14.1 Å². The standard InChI is InChI=1S/C9H16N4O3/c1-6(5-16-4)10-7-8(14)12(2)9(15)13(3)11-7/h6H,5H2,1-4H3,(H,10,11). The number of nitrogens with zero attached hydrogens (tertiary/aromatic N) is 3. The molecule has 1 unspecified atom stereocenters. The van der Waals surface area contributed by atoms with Crippen LogP contribution >= 0.6 is 0 Å². The number of nitrogens with one attached hydrogen (secondary N) is 1. The lowest BCUT2D eigenvalue weighted by molar-refractivity contribution is 0.190. The molecule has 0 saturated heterocycles. The molecule has 7 heteroatoms. The van der Waals surface area contributed by atoms with E-state index in [0.717, 1.165) is 9.25 Å². The van der Waals surface area contributed by atoms with E-state index in [0.29, 0.717) is 6.61 Å².